The molecule has 0 saturated heterocycles. The normalized spacial score (nSPS) is 11.0. The van der Waals surface area contributed by atoms with Crippen molar-refractivity contribution in [2.45, 2.75) is 0 Å². The van der Waals surface area contributed by atoms with Crippen LogP contribution in [0.2, 0.25) is 0 Å². The zero-order valence-electron chi connectivity index (χ0n) is 4.25. The van der Waals surface area contributed by atoms with Gasteiger partial charge in [-0.25, -0.2) is 5.14 Å². The molecule has 0 rings (SSSR count). The first-order chi connectivity index (χ1) is 2.94. The topological polar surface area (TPSA) is 63.4 Å². The van der Waals surface area contributed by atoms with Crippen molar-refractivity contribution in [3.63, 3.8) is 0 Å². The van der Waals surface area contributed by atoms with Crippen molar-refractivity contribution in [2.75, 3.05) is 14.1 Å². The van der Waals surface area contributed by atoms with Crippen LogP contribution in [-0.2, 0) is 10.2 Å². The third-order valence-electron chi connectivity index (χ3n) is 0.509. The molecule has 0 aliphatic rings. The molecular formula is C2H9N2NaO2S. The molecule has 46 valence electrons. The molecule has 0 unspecified atom stereocenters. The Morgan fingerprint density at radius 3 is 1.50 bits per heavy atom. The van der Waals surface area contributed by atoms with Gasteiger partial charge in [0.05, 0.1) is 0 Å². The van der Waals surface area contributed by atoms with Gasteiger partial charge in [-0.3, -0.25) is 0 Å². The van der Waals surface area contributed by atoms with Gasteiger partial charge in [0.25, 0.3) is 10.2 Å². The average Bonchev–Trinajstić information content (AvgIpc) is 1.31. The van der Waals surface area contributed by atoms with Gasteiger partial charge < -0.3 is 0 Å². The Hall–Kier alpha value is 0.870. The molecule has 0 aliphatic carbocycles. The van der Waals surface area contributed by atoms with E-state index in [2.05, 4.69) is 5.14 Å². The van der Waals surface area contributed by atoms with E-state index in [4.69, 9.17) is 0 Å². The first kappa shape index (κ1) is 11.6. The van der Waals surface area contributed by atoms with Gasteiger partial charge in [0.1, 0.15) is 0 Å². The molecule has 0 atom stereocenters. The molecule has 2 N–H and O–H groups in total. The van der Waals surface area contributed by atoms with E-state index in [1.165, 1.54) is 14.1 Å². The summed E-state index contributed by atoms with van der Waals surface area (Å²) in [5.41, 5.74) is 0. The van der Waals surface area contributed by atoms with E-state index < -0.39 is 10.2 Å². The zero-order valence-corrected chi connectivity index (χ0v) is 5.07. The minimum atomic E-state index is -3.41. The molecule has 0 heterocycles. The maximum absolute atomic E-state index is 10.0. The van der Waals surface area contributed by atoms with E-state index in [0.29, 0.717) is 0 Å². The van der Waals surface area contributed by atoms with Gasteiger partial charge in [-0.1, -0.05) is 0 Å². The Morgan fingerprint density at radius 1 is 1.38 bits per heavy atom. The fourth-order valence-electron chi connectivity index (χ4n) is 0. The van der Waals surface area contributed by atoms with Crippen LogP contribution >= 0.6 is 0 Å². The van der Waals surface area contributed by atoms with Gasteiger partial charge in [-0.05, 0) is 0 Å². The van der Waals surface area contributed by atoms with Crippen LogP contribution in [0.25, 0.3) is 0 Å². The van der Waals surface area contributed by atoms with Gasteiger partial charge in [0, 0.05) is 14.1 Å². The summed E-state index contributed by atoms with van der Waals surface area (Å²) >= 11 is 0. The molecule has 0 bridgehead atoms. The fraction of sp³-hybridized carbons (Fsp3) is 1.00. The summed E-state index contributed by atoms with van der Waals surface area (Å²) in [6, 6.07) is 0. The molecule has 8 heavy (non-hydrogen) atoms. The molecule has 0 spiro atoms. The molecular weight excluding hydrogens is 139 g/mol. The second kappa shape index (κ2) is 3.81. The second-order valence-corrected chi connectivity index (χ2v) is 3.09. The van der Waals surface area contributed by atoms with E-state index in [9.17, 15) is 8.42 Å². The average molecular weight is 148 g/mol. The molecule has 0 fully saturated rings. The Kier molecular flexibility index (Phi) is 5.55. The van der Waals surface area contributed by atoms with Gasteiger partial charge in [0.15, 0.2) is 0 Å². The van der Waals surface area contributed by atoms with Gasteiger partial charge >= 0.3 is 29.6 Å². The van der Waals surface area contributed by atoms with E-state index in [0.717, 1.165) is 4.31 Å². The van der Waals surface area contributed by atoms with Crippen LogP contribution in [0.4, 0.5) is 0 Å². The van der Waals surface area contributed by atoms with Crippen molar-refractivity contribution in [1.82, 2.24) is 4.31 Å². The third-order valence-corrected chi connectivity index (χ3v) is 1.53. The summed E-state index contributed by atoms with van der Waals surface area (Å²) in [7, 11) is -0.667. The van der Waals surface area contributed by atoms with Crippen molar-refractivity contribution in [3.05, 3.63) is 0 Å². The van der Waals surface area contributed by atoms with Crippen molar-refractivity contribution < 1.29 is 8.42 Å². The molecule has 0 aliphatic heterocycles. The van der Waals surface area contributed by atoms with Gasteiger partial charge in [-0.15, -0.1) is 0 Å². The summed E-state index contributed by atoms with van der Waals surface area (Å²) in [6.45, 7) is 0. The van der Waals surface area contributed by atoms with Crippen LogP contribution in [0, 0.1) is 0 Å². The number of nitrogens with two attached hydrogens (primary N) is 1. The van der Waals surface area contributed by atoms with Crippen molar-refractivity contribution in [3.8, 4) is 0 Å². The molecule has 0 aromatic rings. The predicted octanol–water partition coefficient (Wildman–Crippen LogP) is -1.90. The minimum absolute atomic E-state index is 0. The van der Waals surface area contributed by atoms with E-state index in [1.54, 1.807) is 0 Å². The predicted molar refractivity (Wildman–Crippen MR) is 33.9 cm³/mol. The van der Waals surface area contributed by atoms with Crippen LogP contribution in [0.5, 0.6) is 0 Å². The van der Waals surface area contributed by atoms with Crippen LogP contribution in [0.15, 0.2) is 0 Å². The molecule has 0 saturated carbocycles. The molecule has 0 aromatic heterocycles. The maximum atomic E-state index is 10.0. The Morgan fingerprint density at radius 2 is 1.50 bits per heavy atom. The van der Waals surface area contributed by atoms with Crippen molar-refractivity contribution in [2.24, 2.45) is 5.14 Å². The summed E-state index contributed by atoms with van der Waals surface area (Å²) in [6.07, 6.45) is 0. The standard InChI is InChI=1S/C2H8N2O2S.Na.H/c1-4(2)7(3,5)6;;/h1-2H3,(H2,3,5,6);;. The van der Waals surface area contributed by atoms with Crippen LogP contribution in [0.1, 0.15) is 0 Å². The van der Waals surface area contributed by atoms with Gasteiger partial charge in [-0.2, -0.15) is 12.7 Å². The molecule has 0 radical (unpaired) electrons. The summed E-state index contributed by atoms with van der Waals surface area (Å²) < 4.78 is 21.0. The number of nitrogens with zero attached hydrogens (tertiary/aromatic N) is 1. The Labute approximate surface area is 71.5 Å². The summed E-state index contributed by atoms with van der Waals surface area (Å²) in [5.74, 6) is 0. The van der Waals surface area contributed by atoms with Crippen LogP contribution in [-0.4, -0.2) is 56.4 Å². The van der Waals surface area contributed by atoms with Crippen LogP contribution < -0.4 is 5.14 Å². The first-order valence-electron chi connectivity index (χ1n) is 1.65. The second-order valence-electron chi connectivity index (χ2n) is 1.33. The number of rotatable bonds is 1. The monoisotopic (exact) mass is 148 g/mol. The molecule has 6 heteroatoms. The van der Waals surface area contributed by atoms with E-state index in [-0.39, 0.29) is 29.6 Å². The van der Waals surface area contributed by atoms with E-state index in [1.807, 2.05) is 0 Å². The summed E-state index contributed by atoms with van der Waals surface area (Å²) in [4.78, 5) is 0. The SMILES string of the molecule is CN(C)S(N)(=O)=O.[NaH]. The molecule has 4 nitrogen and oxygen atoms in total. The Balaban J connectivity index is 0. The summed E-state index contributed by atoms with van der Waals surface area (Å²) in [5, 5.41) is 4.58. The Bertz CT molecular complexity index is 140. The number of hydrogen-bond donors (Lipinski definition) is 1. The first-order valence-corrected chi connectivity index (χ1v) is 3.15. The van der Waals surface area contributed by atoms with Crippen molar-refractivity contribution in [1.29, 1.82) is 0 Å². The third kappa shape index (κ3) is 5.02. The fourth-order valence-corrected chi connectivity index (χ4v) is 0. The number of hydrogen-bond acceptors (Lipinski definition) is 2. The quantitative estimate of drug-likeness (QED) is 0.441. The zero-order chi connectivity index (χ0) is 6.08. The van der Waals surface area contributed by atoms with Crippen molar-refractivity contribution >= 4 is 39.8 Å². The van der Waals surface area contributed by atoms with Crippen LogP contribution in [0.3, 0.4) is 0 Å². The molecule has 0 amide bonds. The van der Waals surface area contributed by atoms with E-state index >= 15 is 0 Å². The van der Waals surface area contributed by atoms with Gasteiger partial charge in [0.2, 0.25) is 0 Å². The molecule has 0 aromatic carbocycles.